The van der Waals surface area contributed by atoms with Gasteiger partial charge in [0.25, 0.3) is 0 Å². The molecule has 0 amide bonds. The van der Waals surface area contributed by atoms with Gasteiger partial charge in [-0.2, -0.15) is 0 Å². The minimum Gasteiger partial charge on any atom is -0.316 e. The molecular formula is C9H11ClFNO. The highest BCUT2D eigenvalue weighted by molar-refractivity contribution is 6.31. The van der Waals surface area contributed by atoms with E-state index in [1.54, 1.807) is 13.8 Å². The summed E-state index contributed by atoms with van der Waals surface area (Å²) < 4.78 is 13.1. The molecule has 2 nitrogen and oxygen atoms in total. The fourth-order valence-corrected chi connectivity index (χ4v) is 1.45. The molecule has 0 fully saturated rings. The maximum absolute atomic E-state index is 13.1. The van der Waals surface area contributed by atoms with Gasteiger partial charge in [-0.25, -0.2) is 9.87 Å². The maximum atomic E-state index is 13.1. The molecule has 2 N–H and O–H groups in total. The molecule has 4 heteroatoms. The van der Waals surface area contributed by atoms with Gasteiger partial charge in [0, 0.05) is 11.6 Å². The van der Waals surface area contributed by atoms with Crippen LogP contribution in [0.4, 0.5) is 4.39 Å². The molecule has 1 rings (SSSR count). The first-order chi connectivity index (χ1) is 6.07. The molecule has 0 aliphatic heterocycles. The van der Waals surface area contributed by atoms with Crippen LogP contribution in [0, 0.1) is 19.7 Å². The predicted octanol–water partition coefficient (Wildman–Crippen LogP) is 2.57. The summed E-state index contributed by atoms with van der Waals surface area (Å²) in [6.45, 7) is 3.65. The van der Waals surface area contributed by atoms with Gasteiger partial charge in [-0.1, -0.05) is 11.6 Å². The first-order valence-electron chi connectivity index (χ1n) is 3.89. The molecule has 0 spiro atoms. The van der Waals surface area contributed by atoms with Crippen LogP contribution in [-0.4, -0.2) is 5.21 Å². The summed E-state index contributed by atoms with van der Waals surface area (Å²) in [5.74, 6) is -0.346. The third-order valence-corrected chi connectivity index (χ3v) is 2.52. The smallest absolute Gasteiger partial charge is 0.127 e. The Hall–Kier alpha value is -0.640. The zero-order valence-electron chi connectivity index (χ0n) is 7.49. The number of hydroxylamine groups is 1. The van der Waals surface area contributed by atoms with Gasteiger partial charge in [-0.05, 0) is 36.6 Å². The lowest BCUT2D eigenvalue weighted by Gasteiger charge is -2.11. The van der Waals surface area contributed by atoms with Crippen LogP contribution in [-0.2, 0) is 6.54 Å². The Morgan fingerprint density at radius 2 is 2.08 bits per heavy atom. The highest BCUT2D eigenvalue weighted by Crippen LogP contribution is 2.24. The summed E-state index contributed by atoms with van der Waals surface area (Å²) >= 11 is 5.78. The molecule has 0 aliphatic rings. The summed E-state index contributed by atoms with van der Waals surface area (Å²) in [6, 6.07) is 1.28. The minimum absolute atomic E-state index is 0.204. The number of benzene rings is 1. The van der Waals surface area contributed by atoms with Crippen molar-refractivity contribution in [2.45, 2.75) is 20.4 Å². The SMILES string of the molecule is Cc1c(F)cc(Cl)c(C)c1CNO. The van der Waals surface area contributed by atoms with E-state index < -0.39 is 0 Å². The molecule has 72 valence electrons. The van der Waals surface area contributed by atoms with Crippen LogP contribution in [0.2, 0.25) is 5.02 Å². The largest absolute Gasteiger partial charge is 0.316 e. The predicted molar refractivity (Wildman–Crippen MR) is 49.5 cm³/mol. The lowest BCUT2D eigenvalue weighted by molar-refractivity contribution is 0.160. The molecule has 0 aliphatic carbocycles. The molecule has 0 atom stereocenters. The molecule has 0 saturated heterocycles. The van der Waals surface area contributed by atoms with Crippen LogP contribution in [0.15, 0.2) is 6.07 Å². The Morgan fingerprint density at radius 3 is 2.62 bits per heavy atom. The summed E-state index contributed by atoms with van der Waals surface area (Å²) in [5, 5.41) is 8.92. The second-order valence-electron chi connectivity index (χ2n) is 2.90. The Morgan fingerprint density at radius 1 is 1.46 bits per heavy atom. The van der Waals surface area contributed by atoms with Crippen molar-refractivity contribution in [1.29, 1.82) is 0 Å². The molecule has 0 unspecified atom stereocenters. The molecular weight excluding hydrogens is 193 g/mol. The van der Waals surface area contributed by atoms with Crippen molar-refractivity contribution in [2.24, 2.45) is 0 Å². The number of hydrogen-bond acceptors (Lipinski definition) is 2. The minimum atomic E-state index is -0.346. The second-order valence-corrected chi connectivity index (χ2v) is 3.31. The third kappa shape index (κ3) is 1.99. The standard InChI is InChI=1S/C9H11ClFNO/c1-5-7(4-12-13)6(2)9(11)3-8(5)10/h3,12-13H,4H2,1-2H3. The first kappa shape index (κ1) is 10.4. The van der Waals surface area contributed by atoms with Crippen molar-refractivity contribution >= 4 is 11.6 Å². The van der Waals surface area contributed by atoms with E-state index in [0.717, 1.165) is 5.56 Å². The topological polar surface area (TPSA) is 32.3 Å². The maximum Gasteiger partial charge on any atom is 0.127 e. The molecule has 0 heterocycles. The van der Waals surface area contributed by atoms with E-state index in [2.05, 4.69) is 0 Å². The van der Waals surface area contributed by atoms with Gasteiger partial charge in [0.15, 0.2) is 0 Å². The van der Waals surface area contributed by atoms with Crippen molar-refractivity contribution in [3.05, 3.63) is 33.6 Å². The Bertz CT molecular complexity index is 302. The zero-order chi connectivity index (χ0) is 10.0. The van der Waals surface area contributed by atoms with E-state index in [1.807, 2.05) is 5.48 Å². The van der Waals surface area contributed by atoms with E-state index >= 15 is 0 Å². The molecule has 1 aromatic rings. The normalized spacial score (nSPS) is 10.5. The van der Waals surface area contributed by atoms with Crippen molar-refractivity contribution < 1.29 is 9.60 Å². The monoisotopic (exact) mass is 203 g/mol. The van der Waals surface area contributed by atoms with Gasteiger partial charge in [-0.3, -0.25) is 0 Å². The summed E-state index contributed by atoms with van der Waals surface area (Å²) in [7, 11) is 0. The molecule has 1 aromatic carbocycles. The fraction of sp³-hybridized carbons (Fsp3) is 0.333. The first-order valence-corrected chi connectivity index (χ1v) is 4.26. The highest BCUT2D eigenvalue weighted by atomic mass is 35.5. The molecule has 13 heavy (non-hydrogen) atoms. The van der Waals surface area contributed by atoms with Gasteiger partial charge in [0.05, 0.1) is 0 Å². The Labute approximate surface area is 81.3 Å². The summed E-state index contributed by atoms with van der Waals surface area (Å²) in [4.78, 5) is 0. The van der Waals surface area contributed by atoms with Crippen LogP contribution in [0.5, 0.6) is 0 Å². The van der Waals surface area contributed by atoms with Gasteiger partial charge in [0.1, 0.15) is 5.82 Å². The second kappa shape index (κ2) is 4.05. The Balaban J connectivity index is 3.28. The fourth-order valence-electron chi connectivity index (χ4n) is 1.24. The quantitative estimate of drug-likeness (QED) is 0.725. The summed E-state index contributed by atoms with van der Waals surface area (Å²) in [6.07, 6.45) is 0. The molecule has 0 radical (unpaired) electrons. The van der Waals surface area contributed by atoms with E-state index in [9.17, 15) is 4.39 Å². The van der Waals surface area contributed by atoms with Crippen molar-refractivity contribution in [3.8, 4) is 0 Å². The van der Waals surface area contributed by atoms with Crippen molar-refractivity contribution in [3.63, 3.8) is 0 Å². The van der Waals surface area contributed by atoms with Crippen LogP contribution >= 0.6 is 11.6 Å². The molecule has 0 bridgehead atoms. The molecule has 0 aromatic heterocycles. The average molecular weight is 204 g/mol. The van der Waals surface area contributed by atoms with Gasteiger partial charge < -0.3 is 5.21 Å². The number of halogens is 2. The van der Waals surface area contributed by atoms with Crippen molar-refractivity contribution in [2.75, 3.05) is 0 Å². The van der Waals surface area contributed by atoms with E-state index in [1.165, 1.54) is 6.07 Å². The lowest BCUT2D eigenvalue weighted by Crippen LogP contribution is -2.10. The summed E-state index contributed by atoms with van der Waals surface area (Å²) in [5.41, 5.74) is 4.01. The molecule has 0 saturated carbocycles. The van der Waals surface area contributed by atoms with Crippen LogP contribution in [0.1, 0.15) is 16.7 Å². The zero-order valence-corrected chi connectivity index (χ0v) is 8.24. The third-order valence-electron chi connectivity index (χ3n) is 2.13. The van der Waals surface area contributed by atoms with Crippen LogP contribution < -0.4 is 5.48 Å². The number of rotatable bonds is 2. The Kier molecular flexibility index (Phi) is 3.25. The van der Waals surface area contributed by atoms with Crippen molar-refractivity contribution in [1.82, 2.24) is 5.48 Å². The van der Waals surface area contributed by atoms with Gasteiger partial charge in [0.2, 0.25) is 0 Å². The average Bonchev–Trinajstić information content (AvgIpc) is 2.09. The van der Waals surface area contributed by atoms with E-state index in [4.69, 9.17) is 16.8 Å². The number of hydrogen-bond donors (Lipinski definition) is 2. The lowest BCUT2D eigenvalue weighted by atomic mass is 10.0. The van der Waals surface area contributed by atoms with Gasteiger partial charge in [-0.15, -0.1) is 0 Å². The van der Waals surface area contributed by atoms with Crippen LogP contribution in [0.25, 0.3) is 0 Å². The highest BCUT2D eigenvalue weighted by Gasteiger charge is 2.10. The van der Waals surface area contributed by atoms with E-state index in [0.29, 0.717) is 16.1 Å². The number of nitrogens with one attached hydrogen (secondary N) is 1. The van der Waals surface area contributed by atoms with Gasteiger partial charge >= 0.3 is 0 Å². The van der Waals surface area contributed by atoms with E-state index in [-0.39, 0.29) is 12.4 Å². The van der Waals surface area contributed by atoms with Crippen LogP contribution in [0.3, 0.4) is 0 Å².